The Kier molecular flexibility index (Phi) is 6.05. The fraction of sp³-hybridized carbons (Fsp3) is 0.417. The molecule has 2 N–H and O–H groups in total. The van der Waals surface area contributed by atoms with Gasteiger partial charge in [0.15, 0.2) is 0 Å². The van der Waals surface area contributed by atoms with Gasteiger partial charge in [0.05, 0.1) is 18.2 Å². The van der Waals surface area contributed by atoms with E-state index >= 15 is 0 Å². The maximum Gasteiger partial charge on any atom is 0.340 e. The van der Waals surface area contributed by atoms with Crippen molar-refractivity contribution in [3.63, 3.8) is 0 Å². The van der Waals surface area contributed by atoms with Crippen LogP contribution in [-0.2, 0) is 19.1 Å². The number of hydrogen-bond donors (Lipinski definition) is 2. The molecule has 0 atom stereocenters. The maximum absolute atomic E-state index is 11.9. The number of esters is 2. The molecular weight excluding hydrogens is 288 g/mol. The highest BCUT2D eigenvalue weighted by atomic mass is 35.5. The van der Waals surface area contributed by atoms with Crippen molar-refractivity contribution in [3.05, 3.63) is 23.0 Å². The van der Waals surface area contributed by atoms with Crippen LogP contribution in [0.4, 0.5) is 0 Å². The third-order valence-electron chi connectivity index (χ3n) is 2.21. The van der Waals surface area contributed by atoms with Crippen molar-refractivity contribution >= 4 is 29.4 Å². The van der Waals surface area contributed by atoms with E-state index in [2.05, 4.69) is 10.3 Å². The van der Waals surface area contributed by atoms with Crippen LogP contribution in [0.5, 0.6) is 0 Å². The van der Waals surface area contributed by atoms with Gasteiger partial charge in [-0.2, -0.15) is 0 Å². The smallest absolute Gasteiger partial charge is 0.340 e. The first kappa shape index (κ1) is 16.0. The average Bonchev–Trinajstić information content (AvgIpc) is 2.83. The second-order valence-corrected chi connectivity index (χ2v) is 4.08. The fourth-order valence-electron chi connectivity index (χ4n) is 1.37. The van der Waals surface area contributed by atoms with E-state index in [9.17, 15) is 14.4 Å². The van der Waals surface area contributed by atoms with E-state index in [1.54, 1.807) is 13.8 Å². The van der Waals surface area contributed by atoms with Crippen molar-refractivity contribution in [2.24, 2.45) is 0 Å². The second-order valence-electron chi connectivity index (χ2n) is 3.64. The lowest BCUT2D eigenvalue weighted by atomic mass is 10.2. The molecule has 1 aromatic heterocycles. The van der Waals surface area contributed by atoms with Gasteiger partial charge >= 0.3 is 11.9 Å². The summed E-state index contributed by atoms with van der Waals surface area (Å²) in [6, 6.07) is -0.144. The second kappa shape index (κ2) is 7.54. The molecule has 0 aliphatic rings. The third-order valence-corrected chi connectivity index (χ3v) is 2.43. The summed E-state index contributed by atoms with van der Waals surface area (Å²) < 4.78 is 9.45. The van der Waals surface area contributed by atoms with E-state index in [0.717, 1.165) is 0 Å². The molecule has 1 aromatic rings. The van der Waals surface area contributed by atoms with Gasteiger partial charge in [0, 0.05) is 6.20 Å². The largest absolute Gasteiger partial charge is 0.464 e. The van der Waals surface area contributed by atoms with Crippen molar-refractivity contribution in [2.75, 3.05) is 13.2 Å². The highest BCUT2D eigenvalue weighted by Crippen LogP contribution is 2.09. The van der Waals surface area contributed by atoms with Crippen molar-refractivity contribution in [3.8, 4) is 0 Å². The molecule has 1 amide bonds. The van der Waals surface area contributed by atoms with Gasteiger partial charge in [-0.15, -0.1) is 0 Å². The first-order valence-electron chi connectivity index (χ1n) is 5.97. The zero-order valence-electron chi connectivity index (χ0n) is 11.1. The number of aromatic amines is 1. The summed E-state index contributed by atoms with van der Waals surface area (Å²) in [4.78, 5) is 37.8. The van der Waals surface area contributed by atoms with E-state index in [1.165, 1.54) is 12.3 Å². The molecule has 0 saturated carbocycles. The molecule has 0 fully saturated rings. The predicted octanol–water partition coefficient (Wildman–Crippen LogP) is 0.893. The number of carbonyl (C=O) groups excluding carboxylic acids is 3. The number of aromatic nitrogens is 1. The van der Waals surface area contributed by atoms with Crippen LogP contribution in [0.25, 0.3) is 0 Å². The van der Waals surface area contributed by atoms with E-state index in [4.69, 9.17) is 21.1 Å². The summed E-state index contributed by atoms with van der Waals surface area (Å²) in [6.07, 6.45) is 1.40. The molecule has 7 nitrogen and oxygen atoms in total. The summed E-state index contributed by atoms with van der Waals surface area (Å²) in [7, 11) is 0. The SMILES string of the molecule is CCOC(=O)C(NC(=O)c1cc(Cl)c[nH]1)C(=O)OCC. The number of H-pyrrole nitrogens is 1. The van der Waals surface area contributed by atoms with Gasteiger partial charge in [-0.05, 0) is 19.9 Å². The number of nitrogens with one attached hydrogen (secondary N) is 2. The molecule has 1 rings (SSSR count). The summed E-state index contributed by atoms with van der Waals surface area (Å²) in [5.41, 5.74) is 0.119. The molecule has 0 bridgehead atoms. The summed E-state index contributed by atoms with van der Waals surface area (Å²) in [5.74, 6) is -2.42. The molecule has 1 heterocycles. The molecular formula is C12H15ClN2O5. The molecule has 0 spiro atoms. The number of hydrogen-bond acceptors (Lipinski definition) is 5. The van der Waals surface area contributed by atoms with Crippen LogP contribution < -0.4 is 5.32 Å². The van der Waals surface area contributed by atoms with Gasteiger partial charge < -0.3 is 19.8 Å². The molecule has 110 valence electrons. The normalized spacial score (nSPS) is 10.2. The monoisotopic (exact) mass is 302 g/mol. The van der Waals surface area contributed by atoms with Gasteiger partial charge in [-0.3, -0.25) is 4.79 Å². The zero-order valence-corrected chi connectivity index (χ0v) is 11.8. The minimum absolute atomic E-state index is 0.0823. The number of rotatable bonds is 6. The molecule has 20 heavy (non-hydrogen) atoms. The first-order chi connectivity index (χ1) is 9.49. The molecule has 0 saturated heterocycles. The Morgan fingerprint density at radius 1 is 1.25 bits per heavy atom. The van der Waals surface area contributed by atoms with Crippen molar-refractivity contribution < 1.29 is 23.9 Å². The number of ether oxygens (including phenoxy) is 2. The Hall–Kier alpha value is -2.02. The van der Waals surface area contributed by atoms with Crippen molar-refractivity contribution in [1.29, 1.82) is 0 Å². The standard InChI is InChI=1S/C12H15ClN2O5/c1-3-19-11(17)9(12(18)20-4-2)15-10(16)8-5-7(13)6-14-8/h5-6,9,14H,3-4H2,1-2H3,(H,15,16). The van der Waals surface area contributed by atoms with E-state index in [-0.39, 0.29) is 18.9 Å². The highest BCUT2D eigenvalue weighted by molar-refractivity contribution is 6.31. The van der Waals surface area contributed by atoms with Crippen LogP contribution in [0.15, 0.2) is 12.3 Å². The quantitative estimate of drug-likeness (QED) is 0.601. The average molecular weight is 303 g/mol. The van der Waals surface area contributed by atoms with E-state index in [0.29, 0.717) is 5.02 Å². The lowest BCUT2D eigenvalue weighted by Crippen LogP contribution is -2.48. The maximum atomic E-state index is 11.9. The predicted molar refractivity (Wildman–Crippen MR) is 70.3 cm³/mol. The summed E-state index contributed by atoms with van der Waals surface area (Å²) in [5, 5.41) is 2.57. The van der Waals surface area contributed by atoms with E-state index < -0.39 is 23.9 Å². The lowest BCUT2D eigenvalue weighted by molar-refractivity contribution is -0.157. The van der Waals surface area contributed by atoms with Gasteiger partial charge in [0.2, 0.25) is 6.04 Å². The Morgan fingerprint density at radius 2 is 1.80 bits per heavy atom. The Labute approximate surface area is 120 Å². The number of amides is 1. The highest BCUT2D eigenvalue weighted by Gasteiger charge is 2.31. The van der Waals surface area contributed by atoms with Gasteiger partial charge in [-0.25, -0.2) is 9.59 Å². The molecule has 0 aliphatic heterocycles. The van der Waals surface area contributed by atoms with E-state index in [1.807, 2.05) is 0 Å². The van der Waals surface area contributed by atoms with Crippen LogP contribution in [0, 0.1) is 0 Å². The molecule has 8 heteroatoms. The fourth-order valence-corrected chi connectivity index (χ4v) is 1.54. The van der Waals surface area contributed by atoms with Crippen LogP contribution in [0.2, 0.25) is 5.02 Å². The zero-order chi connectivity index (χ0) is 15.1. The Morgan fingerprint density at radius 3 is 2.20 bits per heavy atom. The van der Waals surface area contributed by atoms with Crippen LogP contribution >= 0.6 is 11.6 Å². The lowest BCUT2D eigenvalue weighted by Gasteiger charge is -2.15. The minimum Gasteiger partial charge on any atom is -0.464 e. The molecule has 0 unspecified atom stereocenters. The van der Waals surface area contributed by atoms with Crippen LogP contribution in [0.1, 0.15) is 24.3 Å². The van der Waals surface area contributed by atoms with Gasteiger partial charge in [0.1, 0.15) is 5.69 Å². The topological polar surface area (TPSA) is 97.5 Å². The van der Waals surface area contributed by atoms with Gasteiger partial charge in [-0.1, -0.05) is 11.6 Å². The molecule has 0 radical (unpaired) electrons. The summed E-state index contributed by atoms with van der Waals surface area (Å²) >= 11 is 5.67. The number of halogens is 1. The minimum atomic E-state index is -1.51. The van der Waals surface area contributed by atoms with Crippen LogP contribution in [0.3, 0.4) is 0 Å². The van der Waals surface area contributed by atoms with Crippen LogP contribution in [-0.4, -0.2) is 42.1 Å². The number of carbonyl (C=O) groups is 3. The Balaban J connectivity index is 2.80. The van der Waals surface area contributed by atoms with Gasteiger partial charge in [0.25, 0.3) is 5.91 Å². The van der Waals surface area contributed by atoms with Crippen molar-refractivity contribution in [2.45, 2.75) is 19.9 Å². The summed E-state index contributed by atoms with van der Waals surface area (Å²) in [6.45, 7) is 3.34. The first-order valence-corrected chi connectivity index (χ1v) is 6.35. The molecule has 0 aromatic carbocycles. The van der Waals surface area contributed by atoms with Crippen molar-refractivity contribution in [1.82, 2.24) is 10.3 Å². The Bertz CT molecular complexity index is 482. The molecule has 0 aliphatic carbocycles. The third kappa shape index (κ3) is 4.27.